The zero-order valence-electron chi connectivity index (χ0n) is 12.9. The second kappa shape index (κ2) is 7.76. The molecule has 0 saturated carbocycles. The predicted octanol–water partition coefficient (Wildman–Crippen LogP) is 2.57. The van der Waals surface area contributed by atoms with Gasteiger partial charge >= 0.3 is 0 Å². The highest BCUT2D eigenvalue weighted by atomic mass is 32.2. The Hall–Kier alpha value is -0.910. The van der Waals surface area contributed by atoms with Crippen molar-refractivity contribution in [3.8, 4) is 0 Å². The molecule has 20 heavy (non-hydrogen) atoms. The summed E-state index contributed by atoms with van der Waals surface area (Å²) in [5.74, 6) is 0. The first-order chi connectivity index (χ1) is 9.38. The van der Waals surface area contributed by atoms with Crippen LogP contribution in [0.5, 0.6) is 0 Å². The lowest BCUT2D eigenvalue weighted by Crippen LogP contribution is -2.26. The SMILES string of the molecule is CCCCNS(=O)(=O)c1cccc(CNC(C)C)c1C. The molecule has 4 nitrogen and oxygen atoms in total. The minimum Gasteiger partial charge on any atom is -0.310 e. The van der Waals surface area contributed by atoms with E-state index in [1.807, 2.05) is 19.9 Å². The Kier molecular flexibility index (Phi) is 6.65. The fraction of sp³-hybridized carbons (Fsp3) is 0.600. The molecule has 1 aromatic carbocycles. The van der Waals surface area contributed by atoms with Gasteiger partial charge in [-0.15, -0.1) is 0 Å². The van der Waals surface area contributed by atoms with Gasteiger partial charge in [-0.2, -0.15) is 0 Å². The molecular formula is C15H26N2O2S. The van der Waals surface area contributed by atoms with Gasteiger partial charge in [0, 0.05) is 19.1 Å². The molecule has 0 unspecified atom stereocenters. The van der Waals surface area contributed by atoms with Crippen LogP contribution in [0.3, 0.4) is 0 Å². The van der Waals surface area contributed by atoms with Gasteiger partial charge in [-0.1, -0.05) is 39.3 Å². The van der Waals surface area contributed by atoms with Crippen molar-refractivity contribution in [2.24, 2.45) is 0 Å². The van der Waals surface area contributed by atoms with Crippen molar-refractivity contribution >= 4 is 10.0 Å². The predicted molar refractivity (Wildman–Crippen MR) is 83.3 cm³/mol. The fourth-order valence-electron chi connectivity index (χ4n) is 1.92. The Morgan fingerprint density at radius 2 is 1.95 bits per heavy atom. The molecule has 0 atom stereocenters. The van der Waals surface area contributed by atoms with Gasteiger partial charge in [0.2, 0.25) is 10.0 Å². The fourth-order valence-corrected chi connectivity index (χ4v) is 3.28. The highest BCUT2D eigenvalue weighted by Gasteiger charge is 2.17. The number of unbranched alkanes of at least 4 members (excludes halogenated alkanes) is 1. The lowest BCUT2D eigenvalue weighted by molar-refractivity contribution is 0.575. The third-order valence-electron chi connectivity index (χ3n) is 3.21. The molecule has 114 valence electrons. The smallest absolute Gasteiger partial charge is 0.240 e. The highest BCUT2D eigenvalue weighted by Crippen LogP contribution is 2.19. The lowest BCUT2D eigenvalue weighted by Gasteiger charge is -2.14. The van der Waals surface area contributed by atoms with Crippen molar-refractivity contribution in [2.45, 2.75) is 58.0 Å². The number of hydrogen-bond donors (Lipinski definition) is 2. The Morgan fingerprint density at radius 3 is 2.55 bits per heavy atom. The topological polar surface area (TPSA) is 58.2 Å². The summed E-state index contributed by atoms with van der Waals surface area (Å²) in [4.78, 5) is 0.386. The van der Waals surface area contributed by atoms with Gasteiger partial charge in [0.1, 0.15) is 0 Å². The van der Waals surface area contributed by atoms with Crippen molar-refractivity contribution < 1.29 is 8.42 Å². The van der Waals surface area contributed by atoms with Crippen LogP contribution in [0.4, 0.5) is 0 Å². The molecule has 0 saturated heterocycles. The number of benzene rings is 1. The summed E-state index contributed by atoms with van der Waals surface area (Å²) in [5, 5.41) is 3.32. The lowest BCUT2D eigenvalue weighted by atomic mass is 10.1. The standard InChI is InChI=1S/C15H26N2O2S/c1-5-6-10-17-20(18,19)15-9-7-8-14(13(15)4)11-16-12(2)3/h7-9,12,16-17H,5-6,10-11H2,1-4H3. The van der Waals surface area contributed by atoms with E-state index in [0.29, 0.717) is 24.0 Å². The minimum atomic E-state index is -3.40. The van der Waals surface area contributed by atoms with Gasteiger partial charge in [-0.05, 0) is 30.5 Å². The van der Waals surface area contributed by atoms with E-state index >= 15 is 0 Å². The van der Waals surface area contributed by atoms with E-state index in [0.717, 1.165) is 24.0 Å². The molecule has 0 aromatic heterocycles. The molecule has 0 aliphatic heterocycles. The normalized spacial score (nSPS) is 12.1. The summed E-state index contributed by atoms with van der Waals surface area (Å²) in [6.07, 6.45) is 1.83. The van der Waals surface area contributed by atoms with Crippen LogP contribution < -0.4 is 10.0 Å². The molecule has 0 fully saturated rings. The van der Waals surface area contributed by atoms with E-state index in [2.05, 4.69) is 23.9 Å². The Morgan fingerprint density at radius 1 is 1.25 bits per heavy atom. The maximum atomic E-state index is 12.3. The van der Waals surface area contributed by atoms with Crippen molar-refractivity contribution in [2.75, 3.05) is 6.54 Å². The monoisotopic (exact) mass is 298 g/mol. The first kappa shape index (κ1) is 17.1. The molecule has 0 aliphatic rings. The zero-order valence-corrected chi connectivity index (χ0v) is 13.7. The van der Waals surface area contributed by atoms with Crippen molar-refractivity contribution in [3.63, 3.8) is 0 Å². The van der Waals surface area contributed by atoms with Crippen LogP contribution in [0.1, 0.15) is 44.7 Å². The maximum absolute atomic E-state index is 12.3. The molecular weight excluding hydrogens is 272 g/mol. The number of hydrogen-bond acceptors (Lipinski definition) is 3. The van der Waals surface area contributed by atoms with Crippen molar-refractivity contribution in [1.82, 2.24) is 10.0 Å². The van der Waals surface area contributed by atoms with Crippen LogP contribution in [-0.2, 0) is 16.6 Å². The molecule has 0 bridgehead atoms. The van der Waals surface area contributed by atoms with Crippen LogP contribution in [0.25, 0.3) is 0 Å². The van der Waals surface area contributed by atoms with E-state index in [1.165, 1.54) is 0 Å². The van der Waals surface area contributed by atoms with Crippen LogP contribution in [-0.4, -0.2) is 21.0 Å². The van der Waals surface area contributed by atoms with E-state index in [-0.39, 0.29) is 0 Å². The maximum Gasteiger partial charge on any atom is 0.240 e. The number of sulfonamides is 1. The largest absolute Gasteiger partial charge is 0.310 e. The third-order valence-corrected chi connectivity index (χ3v) is 4.81. The Labute approximate surface area is 123 Å². The van der Waals surface area contributed by atoms with E-state index in [9.17, 15) is 8.42 Å². The van der Waals surface area contributed by atoms with E-state index in [4.69, 9.17) is 0 Å². The second-order valence-electron chi connectivity index (χ2n) is 5.33. The summed E-state index contributed by atoms with van der Waals surface area (Å²) >= 11 is 0. The number of rotatable bonds is 8. The summed E-state index contributed by atoms with van der Waals surface area (Å²) in [7, 11) is -3.40. The van der Waals surface area contributed by atoms with Gasteiger partial charge in [0.15, 0.2) is 0 Å². The minimum absolute atomic E-state index is 0.373. The summed E-state index contributed by atoms with van der Waals surface area (Å²) in [6, 6.07) is 5.81. The van der Waals surface area contributed by atoms with Crippen molar-refractivity contribution in [3.05, 3.63) is 29.3 Å². The van der Waals surface area contributed by atoms with E-state index < -0.39 is 10.0 Å². The quantitative estimate of drug-likeness (QED) is 0.725. The molecule has 1 aromatic rings. The Balaban J connectivity index is 2.92. The highest BCUT2D eigenvalue weighted by molar-refractivity contribution is 7.89. The summed E-state index contributed by atoms with van der Waals surface area (Å²) in [6.45, 7) is 9.22. The molecule has 0 amide bonds. The molecule has 0 aliphatic carbocycles. The molecule has 2 N–H and O–H groups in total. The average molecular weight is 298 g/mol. The van der Waals surface area contributed by atoms with Gasteiger partial charge in [-0.3, -0.25) is 0 Å². The Bertz CT molecular complexity index is 525. The van der Waals surface area contributed by atoms with Crippen LogP contribution >= 0.6 is 0 Å². The first-order valence-electron chi connectivity index (χ1n) is 7.20. The van der Waals surface area contributed by atoms with E-state index in [1.54, 1.807) is 12.1 Å². The molecule has 0 radical (unpaired) electrons. The van der Waals surface area contributed by atoms with Gasteiger partial charge in [-0.25, -0.2) is 13.1 Å². The summed E-state index contributed by atoms with van der Waals surface area (Å²) < 4.78 is 27.2. The molecule has 0 spiro atoms. The second-order valence-corrected chi connectivity index (χ2v) is 7.06. The van der Waals surface area contributed by atoms with Crippen LogP contribution in [0, 0.1) is 6.92 Å². The average Bonchev–Trinajstić information content (AvgIpc) is 2.37. The van der Waals surface area contributed by atoms with Crippen LogP contribution in [0.15, 0.2) is 23.1 Å². The molecule has 5 heteroatoms. The van der Waals surface area contributed by atoms with Gasteiger partial charge in [0.25, 0.3) is 0 Å². The van der Waals surface area contributed by atoms with Crippen molar-refractivity contribution in [1.29, 1.82) is 0 Å². The first-order valence-corrected chi connectivity index (χ1v) is 8.68. The summed E-state index contributed by atoms with van der Waals surface area (Å²) in [5.41, 5.74) is 1.85. The van der Waals surface area contributed by atoms with Gasteiger partial charge in [0.05, 0.1) is 4.90 Å². The molecule has 1 rings (SSSR count). The molecule has 0 heterocycles. The zero-order chi connectivity index (χ0) is 15.2. The van der Waals surface area contributed by atoms with Gasteiger partial charge < -0.3 is 5.32 Å². The number of nitrogens with one attached hydrogen (secondary N) is 2. The van der Waals surface area contributed by atoms with Crippen LogP contribution in [0.2, 0.25) is 0 Å². The third kappa shape index (κ3) is 4.89.